The molecule has 134 valence electrons. The van der Waals surface area contributed by atoms with Crippen molar-refractivity contribution < 1.29 is 0 Å². The zero-order chi connectivity index (χ0) is 17.5. The molecule has 3 rings (SSSR count). The van der Waals surface area contributed by atoms with Crippen LogP contribution in [0.15, 0.2) is 36.5 Å². The van der Waals surface area contributed by atoms with Crippen molar-refractivity contribution in [2.75, 3.05) is 51.6 Å². The molecule has 1 aromatic heterocycles. The normalized spacial score (nSPS) is 16.1. The molecule has 5 nitrogen and oxygen atoms in total. The average molecular weight is 360 g/mol. The van der Waals surface area contributed by atoms with Crippen molar-refractivity contribution in [3.63, 3.8) is 0 Å². The fourth-order valence-electron chi connectivity index (χ4n) is 2.98. The number of unbranched alkanes of at least 4 members (excludes halogenated alkanes) is 1. The Labute approximate surface area is 155 Å². The van der Waals surface area contributed by atoms with Crippen LogP contribution in [-0.4, -0.2) is 66.1 Å². The molecule has 1 aliphatic rings. The lowest BCUT2D eigenvalue weighted by Crippen LogP contribution is -2.44. The molecule has 2 heterocycles. The first-order valence-electron chi connectivity index (χ1n) is 8.95. The lowest BCUT2D eigenvalue weighted by atomic mass is 10.1. The van der Waals surface area contributed by atoms with Crippen LogP contribution in [0.2, 0.25) is 5.02 Å². The summed E-state index contributed by atoms with van der Waals surface area (Å²) in [6.07, 6.45) is 3.97. The zero-order valence-electron chi connectivity index (χ0n) is 14.8. The summed E-state index contributed by atoms with van der Waals surface area (Å²) >= 11 is 6.25. The number of benzene rings is 1. The molecule has 0 bridgehead atoms. The molecule has 1 aliphatic heterocycles. The molecule has 0 radical (unpaired) electrons. The maximum Gasteiger partial charge on any atom is 0.223 e. The third-order valence-corrected chi connectivity index (χ3v) is 4.85. The number of rotatable bonds is 7. The summed E-state index contributed by atoms with van der Waals surface area (Å²) in [5.41, 5.74) is 1.78. The first-order valence-corrected chi connectivity index (χ1v) is 9.33. The van der Waals surface area contributed by atoms with E-state index < -0.39 is 0 Å². The van der Waals surface area contributed by atoms with Gasteiger partial charge in [0.1, 0.15) is 0 Å². The van der Waals surface area contributed by atoms with Gasteiger partial charge in [-0.2, -0.15) is 0 Å². The number of piperazine rings is 1. The van der Waals surface area contributed by atoms with E-state index in [1.807, 2.05) is 30.3 Å². The van der Waals surface area contributed by atoms with E-state index >= 15 is 0 Å². The van der Waals surface area contributed by atoms with Gasteiger partial charge in [0, 0.05) is 38.3 Å². The maximum atomic E-state index is 6.25. The van der Waals surface area contributed by atoms with Crippen molar-refractivity contribution in [3.8, 4) is 11.3 Å². The molecule has 0 unspecified atom stereocenters. The molecule has 25 heavy (non-hydrogen) atoms. The molecule has 0 atom stereocenters. The van der Waals surface area contributed by atoms with Crippen LogP contribution in [-0.2, 0) is 0 Å². The van der Waals surface area contributed by atoms with Gasteiger partial charge in [0.2, 0.25) is 5.95 Å². The summed E-state index contributed by atoms with van der Waals surface area (Å²) in [5.74, 6) is 0.642. The van der Waals surface area contributed by atoms with Gasteiger partial charge >= 0.3 is 0 Å². The molecule has 0 saturated carbocycles. The van der Waals surface area contributed by atoms with Crippen LogP contribution >= 0.6 is 11.6 Å². The van der Waals surface area contributed by atoms with Crippen molar-refractivity contribution in [1.82, 2.24) is 19.8 Å². The van der Waals surface area contributed by atoms with Gasteiger partial charge in [0.15, 0.2) is 0 Å². The van der Waals surface area contributed by atoms with Crippen LogP contribution < -0.4 is 5.32 Å². The van der Waals surface area contributed by atoms with Crippen LogP contribution in [0.1, 0.15) is 12.8 Å². The third-order valence-electron chi connectivity index (χ3n) is 4.57. The zero-order valence-corrected chi connectivity index (χ0v) is 15.5. The van der Waals surface area contributed by atoms with Crippen LogP contribution in [0.3, 0.4) is 0 Å². The van der Waals surface area contributed by atoms with Gasteiger partial charge in [-0.05, 0) is 26.4 Å². The summed E-state index contributed by atoms with van der Waals surface area (Å²) in [6, 6.07) is 9.97. The van der Waals surface area contributed by atoms with Gasteiger partial charge in [0.25, 0.3) is 0 Å². The first kappa shape index (κ1) is 18.1. The van der Waals surface area contributed by atoms with Gasteiger partial charge in [-0.3, -0.25) is 0 Å². The molecular weight excluding hydrogens is 334 g/mol. The Morgan fingerprint density at radius 1 is 1.08 bits per heavy atom. The van der Waals surface area contributed by atoms with E-state index in [4.69, 9.17) is 11.6 Å². The summed E-state index contributed by atoms with van der Waals surface area (Å²) in [7, 11) is 2.19. The molecule has 0 amide bonds. The second-order valence-corrected chi connectivity index (χ2v) is 6.94. The van der Waals surface area contributed by atoms with E-state index in [9.17, 15) is 0 Å². The molecule has 0 spiro atoms. The monoisotopic (exact) mass is 359 g/mol. The number of likely N-dealkylation sites (N-methyl/N-ethyl adjacent to an activating group) is 1. The predicted octanol–water partition coefficient (Wildman–Crippen LogP) is 3.24. The second-order valence-electron chi connectivity index (χ2n) is 6.53. The number of nitrogens with one attached hydrogen (secondary N) is 1. The van der Waals surface area contributed by atoms with Crippen LogP contribution in [0.5, 0.6) is 0 Å². The van der Waals surface area contributed by atoms with E-state index in [1.165, 1.54) is 39.1 Å². The molecule has 1 fully saturated rings. The standard InChI is InChI=1S/C19H26ClN5/c1-24-11-13-25(14-12-24)10-6-5-9-21-19-22-15-17(20)18(23-19)16-7-3-2-4-8-16/h2-4,7-8,15H,5-6,9-14H2,1H3,(H,21,22,23). The van der Waals surface area contributed by atoms with E-state index in [0.29, 0.717) is 11.0 Å². The summed E-state index contributed by atoms with van der Waals surface area (Å²) in [5, 5.41) is 3.89. The Morgan fingerprint density at radius 3 is 2.60 bits per heavy atom. The first-order chi connectivity index (χ1) is 12.2. The highest BCUT2D eigenvalue weighted by atomic mass is 35.5. The average Bonchev–Trinajstić information content (AvgIpc) is 2.65. The van der Waals surface area contributed by atoms with E-state index in [2.05, 4.69) is 32.1 Å². The van der Waals surface area contributed by atoms with Crippen molar-refractivity contribution in [2.45, 2.75) is 12.8 Å². The van der Waals surface area contributed by atoms with Gasteiger partial charge < -0.3 is 15.1 Å². The minimum Gasteiger partial charge on any atom is -0.354 e. The van der Waals surface area contributed by atoms with E-state index in [-0.39, 0.29) is 0 Å². The number of hydrogen-bond acceptors (Lipinski definition) is 5. The predicted molar refractivity (Wildman–Crippen MR) is 104 cm³/mol. The summed E-state index contributed by atoms with van der Waals surface area (Å²) < 4.78 is 0. The third kappa shape index (κ3) is 5.39. The van der Waals surface area contributed by atoms with Crippen molar-refractivity contribution in [1.29, 1.82) is 0 Å². The Balaban J connectivity index is 1.44. The van der Waals surface area contributed by atoms with E-state index in [1.54, 1.807) is 6.20 Å². The smallest absolute Gasteiger partial charge is 0.223 e. The molecular formula is C19H26ClN5. The van der Waals surface area contributed by atoms with Crippen molar-refractivity contribution in [2.24, 2.45) is 0 Å². The van der Waals surface area contributed by atoms with Gasteiger partial charge in [-0.15, -0.1) is 0 Å². The molecule has 1 N–H and O–H groups in total. The Kier molecular flexibility index (Phi) is 6.62. The second kappa shape index (κ2) is 9.13. The Hall–Kier alpha value is -1.69. The fraction of sp³-hybridized carbons (Fsp3) is 0.474. The van der Waals surface area contributed by atoms with Crippen molar-refractivity contribution in [3.05, 3.63) is 41.6 Å². The SMILES string of the molecule is CN1CCN(CCCCNc2ncc(Cl)c(-c3ccccc3)n2)CC1. The highest BCUT2D eigenvalue weighted by Crippen LogP contribution is 2.25. The minimum absolute atomic E-state index is 0.576. The highest BCUT2D eigenvalue weighted by Gasteiger charge is 2.12. The van der Waals surface area contributed by atoms with Crippen molar-refractivity contribution >= 4 is 17.5 Å². The quantitative estimate of drug-likeness (QED) is 0.769. The molecule has 1 aromatic carbocycles. The Morgan fingerprint density at radius 2 is 1.84 bits per heavy atom. The van der Waals surface area contributed by atoms with Gasteiger partial charge in [-0.25, -0.2) is 9.97 Å². The lowest BCUT2D eigenvalue weighted by Gasteiger charge is -2.32. The minimum atomic E-state index is 0.576. The molecule has 6 heteroatoms. The topological polar surface area (TPSA) is 44.3 Å². The largest absolute Gasteiger partial charge is 0.354 e. The number of anilines is 1. The summed E-state index contributed by atoms with van der Waals surface area (Å²) in [4.78, 5) is 13.8. The summed E-state index contributed by atoms with van der Waals surface area (Å²) in [6.45, 7) is 6.78. The number of halogens is 1. The van der Waals surface area contributed by atoms with Crippen LogP contribution in [0.4, 0.5) is 5.95 Å². The molecule has 2 aromatic rings. The van der Waals surface area contributed by atoms with Crippen LogP contribution in [0, 0.1) is 0 Å². The highest BCUT2D eigenvalue weighted by molar-refractivity contribution is 6.32. The molecule has 1 saturated heterocycles. The fourth-order valence-corrected chi connectivity index (χ4v) is 3.18. The maximum absolute atomic E-state index is 6.25. The van der Waals surface area contributed by atoms with E-state index in [0.717, 1.165) is 24.2 Å². The number of aromatic nitrogens is 2. The van der Waals surface area contributed by atoms with Crippen LogP contribution in [0.25, 0.3) is 11.3 Å². The Bertz CT molecular complexity index is 656. The molecule has 0 aliphatic carbocycles. The van der Waals surface area contributed by atoms with Gasteiger partial charge in [0.05, 0.1) is 16.9 Å². The number of nitrogens with zero attached hydrogens (tertiary/aromatic N) is 4. The van der Waals surface area contributed by atoms with Gasteiger partial charge in [-0.1, -0.05) is 41.9 Å². The number of hydrogen-bond donors (Lipinski definition) is 1. The lowest BCUT2D eigenvalue weighted by molar-refractivity contribution is 0.152.